The van der Waals surface area contributed by atoms with Gasteiger partial charge in [-0.15, -0.1) is 0 Å². The minimum Gasteiger partial charge on any atom is -0.377 e. The molecule has 0 aromatic rings. The molecular weight excluding hydrogens is 188 g/mol. The van der Waals surface area contributed by atoms with Gasteiger partial charge in [0.15, 0.2) is 0 Å². The van der Waals surface area contributed by atoms with Gasteiger partial charge in [-0.2, -0.15) is 0 Å². The highest BCUT2D eigenvalue weighted by Gasteiger charge is 2.37. The highest BCUT2D eigenvalue weighted by Crippen LogP contribution is 2.32. The van der Waals surface area contributed by atoms with Gasteiger partial charge in [0.2, 0.25) is 0 Å². The van der Waals surface area contributed by atoms with Crippen molar-refractivity contribution in [1.82, 2.24) is 5.32 Å². The molecule has 2 unspecified atom stereocenters. The first-order valence-electron chi connectivity index (χ1n) is 6.20. The normalized spacial score (nSPS) is 39.0. The summed E-state index contributed by atoms with van der Waals surface area (Å²) in [6.07, 6.45) is 6.27. The summed E-state index contributed by atoms with van der Waals surface area (Å²) in [5.41, 5.74) is 6.51. The van der Waals surface area contributed by atoms with E-state index in [-0.39, 0.29) is 11.1 Å². The van der Waals surface area contributed by atoms with Crippen LogP contribution in [0.3, 0.4) is 0 Å². The summed E-state index contributed by atoms with van der Waals surface area (Å²) in [5.74, 6) is 0. The van der Waals surface area contributed by atoms with E-state index >= 15 is 0 Å². The molecule has 1 heterocycles. The maximum Gasteiger partial charge on any atom is 0.0726 e. The Kier molecular flexibility index (Phi) is 3.06. The number of hydrogen-bond donors (Lipinski definition) is 2. The number of nitrogens with two attached hydrogens (primary N) is 1. The Balaban J connectivity index is 1.73. The maximum atomic E-state index is 6.19. The summed E-state index contributed by atoms with van der Waals surface area (Å²) in [5, 5.41) is 3.63. The molecule has 0 amide bonds. The lowest BCUT2D eigenvalue weighted by molar-refractivity contribution is 0.0869. The van der Waals surface area contributed by atoms with Crippen molar-refractivity contribution in [3.05, 3.63) is 0 Å². The second-order valence-electron chi connectivity index (χ2n) is 5.57. The van der Waals surface area contributed by atoms with Gasteiger partial charge in [-0.05, 0) is 52.5 Å². The minimum atomic E-state index is 0.145. The number of ether oxygens (including phenoxy) is 1. The van der Waals surface area contributed by atoms with Crippen LogP contribution in [0.2, 0.25) is 0 Å². The molecule has 2 aliphatic rings. The van der Waals surface area contributed by atoms with E-state index in [1.165, 1.54) is 19.3 Å². The molecule has 0 aromatic carbocycles. The zero-order valence-electron chi connectivity index (χ0n) is 10.0. The van der Waals surface area contributed by atoms with Crippen molar-refractivity contribution in [2.24, 2.45) is 5.73 Å². The Morgan fingerprint density at radius 1 is 1.40 bits per heavy atom. The second-order valence-corrected chi connectivity index (χ2v) is 5.57. The van der Waals surface area contributed by atoms with Gasteiger partial charge in [-0.25, -0.2) is 0 Å². The highest BCUT2D eigenvalue weighted by atomic mass is 16.5. The highest BCUT2D eigenvalue weighted by molar-refractivity contribution is 4.97. The van der Waals surface area contributed by atoms with E-state index in [2.05, 4.69) is 19.2 Å². The van der Waals surface area contributed by atoms with Gasteiger partial charge in [0, 0.05) is 17.7 Å². The van der Waals surface area contributed by atoms with Crippen LogP contribution in [0.25, 0.3) is 0 Å². The molecule has 1 saturated carbocycles. The fraction of sp³-hybridized carbons (Fsp3) is 1.00. The van der Waals surface area contributed by atoms with Crippen LogP contribution in [0.1, 0.15) is 46.0 Å². The SMILES string of the molecule is CC1OCCC1(C)NCCC1(N)CCC1. The van der Waals surface area contributed by atoms with Crippen LogP contribution >= 0.6 is 0 Å². The van der Waals surface area contributed by atoms with Gasteiger partial charge >= 0.3 is 0 Å². The third-order valence-electron chi connectivity index (χ3n) is 4.39. The van der Waals surface area contributed by atoms with Crippen LogP contribution in [0.5, 0.6) is 0 Å². The van der Waals surface area contributed by atoms with Crippen molar-refractivity contribution < 1.29 is 4.74 Å². The molecule has 3 N–H and O–H groups in total. The quantitative estimate of drug-likeness (QED) is 0.741. The Labute approximate surface area is 92.7 Å². The number of nitrogens with one attached hydrogen (secondary N) is 1. The van der Waals surface area contributed by atoms with E-state index in [9.17, 15) is 0 Å². The summed E-state index contributed by atoms with van der Waals surface area (Å²) in [6, 6.07) is 0. The Bertz CT molecular complexity index is 228. The van der Waals surface area contributed by atoms with Crippen molar-refractivity contribution in [2.75, 3.05) is 13.2 Å². The molecular formula is C12H24N2O. The Hall–Kier alpha value is -0.120. The summed E-state index contributed by atoms with van der Waals surface area (Å²) in [7, 11) is 0. The van der Waals surface area contributed by atoms with Crippen molar-refractivity contribution >= 4 is 0 Å². The van der Waals surface area contributed by atoms with E-state index < -0.39 is 0 Å². The van der Waals surface area contributed by atoms with Gasteiger partial charge < -0.3 is 15.8 Å². The monoisotopic (exact) mass is 212 g/mol. The Morgan fingerprint density at radius 3 is 2.60 bits per heavy atom. The smallest absolute Gasteiger partial charge is 0.0726 e. The first kappa shape index (κ1) is 11.4. The van der Waals surface area contributed by atoms with Gasteiger partial charge in [0.25, 0.3) is 0 Å². The summed E-state index contributed by atoms with van der Waals surface area (Å²) < 4.78 is 5.60. The number of rotatable bonds is 4. The molecule has 1 aliphatic carbocycles. The molecule has 0 aromatic heterocycles. The van der Waals surface area contributed by atoms with Gasteiger partial charge in [-0.3, -0.25) is 0 Å². The van der Waals surface area contributed by atoms with E-state index in [1.807, 2.05) is 0 Å². The lowest BCUT2D eigenvalue weighted by Gasteiger charge is -2.39. The van der Waals surface area contributed by atoms with Crippen LogP contribution < -0.4 is 11.1 Å². The summed E-state index contributed by atoms with van der Waals surface area (Å²) in [4.78, 5) is 0. The lowest BCUT2D eigenvalue weighted by atomic mass is 9.75. The van der Waals surface area contributed by atoms with Gasteiger partial charge in [-0.1, -0.05) is 0 Å². The lowest BCUT2D eigenvalue weighted by Crippen LogP contribution is -2.53. The molecule has 0 bridgehead atoms. The average molecular weight is 212 g/mol. The average Bonchev–Trinajstić information content (AvgIpc) is 2.45. The molecule has 15 heavy (non-hydrogen) atoms. The van der Waals surface area contributed by atoms with Crippen molar-refractivity contribution in [1.29, 1.82) is 0 Å². The van der Waals surface area contributed by atoms with Gasteiger partial charge in [0.1, 0.15) is 0 Å². The Morgan fingerprint density at radius 2 is 2.13 bits per heavy atom. The molecule has 1 saturated heterocycles. The zero-order valence-corrected chi connectivity index (χ0v) is 10.0. The minimum absolute atomic E-state index is 0.145. The first-order valence-corrected chi connectivity index (χ1v) is 6.20. The van der Waals surface area contributed by atoms with E-state index in [0.717, 1.165) is 26.0 Å². The second kappa shape index (κ2) is 4.04. The molecule has 2 fully saturated rings. The summed E-state index contributed by atoms with van der Waals surface area (Å²) >= 11 is 0. The standard InChI is InChI=1S/C12H24N2O/c1-10-11(2,7-9-15-10)14-8-6-12(13)4-3-5-12/h10,14H,3-9,13H2,1-2H3. The van der Waals surface area contributed by atoms with Crippen LogP contribution in [-0.2, 0) is 4.74 Å². The first-order chi connectivity index (χ1) is 7.04. The molecule has 3 nitrogen and oxygen atoms in total. The van der Waals surface area contributed by atoms with Crippen LogP contribution in [-0.4, -0.2) is 30.3 Å². The van der Waals surface area contributed by atoms with Crippen molar-refractivity contribution in [2.45, 2.75) is 63.1 Å². The van der Waals surface area contributed by atoms with E-state index in [1.54, 1.807) is 0 Å². The molecule has 88 valence electrons. The van der Waals surface area contributed by atoms with Crippen LogP contribution in [0.15, 0.2) is 0 Å². The van der Waals surface area contributed by atoms with Gasteiger partial charge in [0.05, 0.1) is 6.10 Å². The predicted octanol–water partition coefficient (Wildman–Crippen LogP) is 1.41. The van der Waals surface area contributed by atoms with Crippen molar-refractivity contribution in [3.8, 4) is 0 Å². The maximum absolute atomic E-state index is 6.19. The van der Waals surface area contributed by atoms with Crippen LogP contribution in [0.4, 0.5) is 0 Å². The summed E-state index contributed by atoms with van der Waals surface area (Å²) in [6.45, 7) is 6.33. The van der Waals surface area contributed by atoms with E-state index in [0.29, 0.717) is 6.10 Å². The van der Waals surface area contributed by atoms with Crippen molar-refractivity contribution in [3.63, 3.8) is 0 Å². The molecule has 1 aliphatic heterocycles. The molecule has 2 atom stereocenters. The molecule has 3 heteroatoms. The predicted molar refractivity (Wildman–Crippen MR) is 61.8 cm³/mol. The zero-order chi connectivity index (χ0) is 10.9. The number of hydrogen-bond acceptors (Lipinski definition) is 3. The topological polar surface area (TPSA) is 47.3 Å². The third-order valence-corrected chi connectivity index (χ3v) is 4.39. The largest absolute Gasteiger partial charge is 0.377 e. The van der Waals surface area contributed by atoms with Crippen LogP contribution in [0, 0.1) is 0 Å². The fourth-order valence-corrected chi connectivity index (χ4v) is 2.54. The molecule has 0 spiro atoms. The van der Waals surface area contributed by atoms with E-state index in [4.69, 9.17) is 10.5 Å². The molecule has 0 radical (unpaired) electrons. The third kappa shape index (κ3) is 2.35. The fourth-order valence-electron chi connectivity index (χ4n) is 2.54. The molecule has 2 rings (SSSR count).